The van der Waals surface area contributed by atoms with Crippen molar-refractivity contribution in [2.45, 2.75) is 12.4 Å². The van der Waals surface area contributed by atoms with Crippen molar-refractivity contribution in [3.8, 4) is 11.1 Å². The molecule has 0 saturated heterocycles. The Labute approximate surface area is 138 Å². The summed E-state index contributed by atoms with van der Waals surface area (Å²) in [6.45, 7) is 0. The minimum Gasteiger partial charge on any atom is -0.507 e. The van der Waals surface area contributed by atoms with Crippen molar-refractivity contribution in [2.75, 3.05) is 0 Å². The van der Waals surface area contributed by atoms with Crippen LogP contribution in [0.3, 0.4) is 0 Å². The SMILES string of the molecule is O=C(/C=C(\O)c1ccc(-c2ccc(C(F)(F)F)cc2)cc1)C(F)(F)F. The molecule has 132 valence electrons. The average molecular weight is 360 g/mol. The van der Waals surface area contributed by atoms with Crippen molar-refractivity contribution >= 4 is 11.5 Å². The predicted molar refractivity (Wildman–Crippen MR) is 78.5 cm³/mol. The number of rotatable bonds is 3. The molecule has 2 aromatic carbocycles. The Hall–Kier alpha value is -2.77. The van der Waals surface area contributed by atoms with Gasteiger partial charge in [0.05, 0.1) is 5.56 Å². The van der Waals surface area contributed by atoms with Crippen molar-refractivity contribution in [1.29, 1.82) is 0 Å². The molecule has 0 saturated carbocycles. The van der Waals surface area contributed by atoms with Crippen molar-refractivity contribution in [1.82, 2.24) is 0 Å². The highest BCUT2D eigenvalue weighted by atomic mass is 19.4. The van der Waals surface area contributed by atoms with E-state index in [0.29, 0.717) is 11.1 Å². The van der Waals surface area contributed by atoms with E-state index in [9.17, 15) is 36.2 Å². The van der Waals surface area contributed by atoms with Crippen LogP contribution in [0.5, 0.6) is 0 Å². The van der Waals surface area contributed by atoms with Crippen LogP contribution in [0.25, 0.3) is 16.9 Å². The van der Waals surface area contributed by atoms with E-state index >= 15 is 0 Å². The number of benzene rings is 2. The van der Waals surface area contributed by atoms with Gasteiger partial charge in [-0.25, -0.2) is 0 Å². The van der Waals surface area contributed by atoms with Gasteiger partial charge in [0.25, 0.3) is 5.78 Å². The molecule has 0 heterocycles. The number of halogens is 6. The van der Waals surface area contributed by atoms with E-state index in [0.717, 1.165) is 12.1 Å². The van der Waals surface area contributed by atoms with E-state index in [-0.39, 0.29) is 11.6 Å². The molecule has 2 nitrogen and oxygen atoms in total. The normalized spacial score (nSPS) is 13.0. The molecule has 0 aromatic heterocycles. The Bertz CT molecular complexity index is 784. The first-order chi connectivity index (χ1) is 11.5. The molecular weight excluding hydrogens is 350 g/mol. The summed E-state index contributed by atoms with van der Waals surface area (Å²) in [7, 11) is 0. The molecule has 0 amide bonds. The molecule has 25 heavy (non-hydrogen) atoms. The summed E-state index contributed by atoms with van der Waals surface area (Å²) in [6.07, 6.45) is -9.48. The van der Waals surface area contributed by atoms with E-state index in [1.165, 1.54) is 36.4 Å². The number of carbonyl (C=O) groups is 1. The molecule has 0 atom stereocenters. The Balaban J connectivity index is 2.22. The summed E-state index contributed by atoms with van der Waals surface area (Å²) in [5.74, 6) is -3.06. The number of hydrogen-bond acceptors (Lipinski definition) is 2. The second kappa shape index (κ2) is 6.62. The molecule has 1 N–H and O–H groups in total. The predicted octanol–water partition coefficient (Wildman–Crippen LogP) is 5.40. The van der Waals surface area contributed by atoms with Gasteiger partial charge in [-0.15, -0.1) is 0 Å². The molecular formula is C17H10F6O2. The van der Waals surface area contributed by atoms with E-state index in [1.54, 1.807) is 0 Å². The van der Waals surface area contributed by atoms with Gasteiger partial charge in [0.15, 0.2) is 0 Å². The smallest absolute Gasteiger partial charge is 0.454 e. The standard InChI is InChI=1S/C17H10F6O2/c18-16(19,20)13-7-5-11(6-8-13)10-1-3-12(4-2-10)14(24)9-15(25)17(21,22)23/h1-9,24H/b14-9-. The molecule has 0 bridgehead atoms. The summed E-state index contributed by atoms with van der Waals surface area (Å²) in [6, 6.07) is 9.62. The minimum absolute atomic E-state index is 0.0340. The highest BCUT2D eigenvalue weighted by molar-refractivity contribution is 5.99. The van der Waals surface area contributed by atoms with Gasteiger partial charge in [-0.3, -0.25) is 4.79 Å². The highest BCUT2D eigenvalue weighted by Gasteiger charge is 2.37. The van der Waals surface area contributed by atoms with E-state index in [2.05, 4.69) is 0 Å². The van der Waals surface area contributed by atoms with Crippen LogP contribution in [0, 0.1) is 0 Å². The Kier molecular flexibility index (Phi) is 4.92. The van der Waals surface area contributed by atoms with Gasteiger partial charge in [-0.2, -0.15) is 26.3 Å². The molecule has 8 heteroatoms. The van der Waals surface area contributed by atoms with Gasteiger partial charge >= 0.3 is 12.4 Å². The fourth-order valence-electron chi connectivity index (χ4n) is 1.97. The van der Waals surface area contributed by atoms with Crippen LogP contribution in [0.15, 0.2) is 54.6 Å². The van der Waals surface area contributed by atoms with E-state index in [4.69, 9.17) is 0 Å². The second-order valence-electron chi connectivity index (χ2n) is 5.04. The van der Waals surface area contributed by atoms with Crippen LogP contribution >= 0.6 is 0 Å². The molecule has 0 aliphatic heterocycles. The lowest BCUT2D eigenvalue weighted by molar-refractivity contribution is -0.165. The van der Waals surface area contributed by atoms with Gasteiger partial charge in [0, 0.05) is 11.6 Å². The lowest BCUT2D eigenvalue weighted by Crippen LogP contribution is -2.20. The van der Waals surface area contributed by atoms with Crippen molar-refractivity contribution in [2.24, 2.45) is 0 Å². The molecule has 0 spiro atoms. The maximum Gasteiger partial charge on any atom is 0.454 e. The highest BCUT2D eigenvalue weighted by Crippen LogP contribution is 2.31. The zero-order chi connectivity index (χ0) is 18.8. The first kappa shape index (κ1) is 18.6. The van der Waals surface area contributed by atoms with Crippen LogP contribution in [0.2, 0.25) is 0 Å². The quantitative estimate of drug-likeness (QED) is 0.452. The molecule has 0 fully saturated rings. The summed E-state index contributed by atoms with van der Waals surface area (Å²) in [5.41, 5.74) is 0.106. The summed E-state index contributed by atoms with van der Waals surface area (Å²) < 4.78 is 74.0. The topological polar surface area (TPSA) is 37.3 Å². The van der Waals surface area contributed by atoms with Crippen molar-refractivity contribution in [3.63, 3.8) is 0 Å². The van der Waals surface area contributed by atoms with Crippen LogP contribution in [-0.4, -0.2) is 17.1 Å². The maximum atomic E-state index is 12.5. The largest absolute Gasteiger partial charge is 0.507 e. The molecule has 0 aliphatic rings. The molecule has 0 radical (unpaired) electrons. The number of aliphatic hydroxyl groups excluding tert-OH is 1. The van der Waals surface area contributed by atoms with Crippen LogP contribution in [0.1, 0.15) is 11.1 Å². The van der Waals surface area contributed by atoms with Gasteiger partial charge in [-0.05, 0) is 23.3 Å². The fourth-order valence-corrected chi connectivity index (χ4v) is 1.97. The molecule has 2 aromatic rings. The van der Waals surface area contributed by atoms with Gasteiger partial charge < -0.3 is 5.11 Å². The van der Waals surface area contributed by atoms with Gasteiger partial charge in [0.2, 0.25) is 0 Å². The third-order valence-corrected chi connectivity index (χ3v) is 3.27. The van der Waals surface area contributed by atoms with Crippen molar-refractivity contribution < 1.29 is 36.2 Å². The number of allylic oxidation sites excluding steroid dienone is 1. The van der Waals surface area contributed by atoms with Gasteiger partial charge in [-0.1, -0.05) is 36.4 Å². The summed E-state index contributed by atoms with van der Waals surface area (Å²) in [4.78, 5) is 10.8. The lowest BCUT2D eigenvalue weighted by atomic mass is 10.0. The number of alkyl halides is 6. The Morgan fingerprint density at radius 1 is 0.800 bits per heavy atom. The maximum absolute atomic E-state index is 12.5. The van der Waals surface area contributed by atoms with Crippen LogP contribution in [-0.2, 0) is 11.0 Å². The third-order valence-electron chi connectivity index (χ3n) is 3.27. The minimum atomic E-state index is -5.09. The zero-order valence-electron chi connectivity index (χ0n) is 12.3. The van der Waals surface area contributed by atoms with Crippen LogP contribution < -0.4 is 0 Å². The van der Waals surface area contributed by atoms with E-state index in [1.807, 2.05) is 0 Å². The first-order valence-electron chi connectivity index (χ1n) is 6.78. The second-order valence-corrected chi connectivity index (χ2v) is 5.04. The number of hydrogen-bond donors (Lipinski definition) is 1. The number of ketones is 1. The van der Waals surface area contributed by atoms with Crippen molar-refractivity contribution in [3.05, 3.63) is 65.7 Å². The molecule has 2 rings (SSSR count). The lowest BCUT2D eigenvalue weighted by Gasteiger charge is -2.08. The fraction of sp³-hybridized carbons (Fsp3) is 0.118. The van der Waals surface area contributed by atoms with E-state index < -0.39 is 29.5 Å². The third kappa shape index (κ3) is 4.62. The first-order valence-corrected chi connectivity index (χ1v) is 6.78. The molecule has 0 unspecified atom stereocenters. The van der Waals surface area contributed by atoms with Gasteiger partial charge in [0.1, 0.15) is 5.76 Å². The number of carbonyl (C=O) groups excluding carboxylic acids is 1. The summed E-state index contributed by atoms with van der Waals surface area (Å²) >= 11 is 0. The molecule has 0 aliphatic carbocycles. The monoisotopic (exact) mass is 360 g/mol. The number of aliphatic hydroxyl groups is 1. The zero-order valence-corrected chi connectivity index (χ0v) is 12.3. The Morgan fingerprint density at radius 3 is 1.64 bits per heavy atom. The average Bonchev–Trinajstić information content (AvgIpc) is 2.53. The Morgan fingerprint density at radius 2 is 1.24 bits per heavy atom. The summed E-state index contributed by atoms with van der Waals surface area (Å²) in [5, 5.41) is 9.56. The van der Waals surface area contributed by atoms with Crippen LogP contribution in [0.4, 0.5) is 26.3 Å².